The van der Waals surface area contributed by atoms with Gasteiger partial charge < -0.3 is 15.2 Å². The Kier molecular flexibility index (Phi) is 5.52. The maximum Gasteiger partial charge on any atom is 0.172 e. The smallest absolute Gasteiger partial charge is 0.172 e. The number of methoxy groups -OCH3 is 2. The number of ether oxygens (including phenoxy) is 2. The van der Waals surface area contributed by atoms with Crippen LogP contribution < -0.4 is 5.73 Å². The molecule has 3 nitrogen and oxygen atoms in total. The number of benzene rings is 1. The zero-order valence-electron chi connectivity index (χ0n) is 9.24. The van der Waals surface area contributed by atoms with E-state index in [0.29, 0.717) is 16.5 Å². The van der Waals surface area contributed by atoms with Crippen LogP contribution in [0.2, 0.25) is 10.0 Å². The summed E-state index contributed by atoms with van der Waals surface area (Å²) in [6.45, 7) is 0. The van der Waals surface area contributed by atoms with E-state index >= 15 is 0 Å². The van der Waals surface area contributed by atoms with Crippen LogP contribution in [0.25, 0.3) is 0 Å². The van der Waals surface area contributed by atoms with Gasteiger partial charge in [-0.25, -0.2) is 0 Å². The van der Waals surface area contributed by atoms with Crippen molar-refractivity contribution in [3.8, 4) is 0 Å². The molecule has 0 aliphatic rings. The summed E-state index contributed by atoms with van der Waals surface area (Å²) in [7, 11) is 3.10. The van der Waals surface area contributed by atoms with E-state index in [4.69, 9.17) is 38.4 Å². The van der Waals surface area contributed by atoms with Gasteiger partial charge >= 0.3 is 0 Å². The van der Waals surface area contributed by atoms with Crippen LogP contribution in [0, 0.1) is 0 Å². The number of hydrogen-bond acceptors (Lipinski definition) is 3. The lowest BCUT2D eigenvalue weighted by Gasteiger charge is -2.21. The van der Waals surface area contributed by atoms with Crippen LogP contribution in [0.3, 0.4) is 0 Å². The van der Waals surface area contributed by atoms with E-state index in [-0.39, 0.29) is 6.04 Å². The third-order valence-corrected chi connectivity index (χ3v) is 3.16. The van der Waals surface area contributed by atoms with Crippen molar-refractivity contribution in [1.82, 2.24) is 0 Å². The molecule has 0 aromatic heterocycles. The molecule has 16 heavy (non-hydrogen) atoms. The van der Waals surface area contributed by atoms with Gasteiger partial charge in [-0.05, 0) is 18.1 Å². The summed E-state index contributed by atoms with van der Waals surface area (Å²) in [6, 6.07) is 5.18. The fourth-order valence-electron chi connectivity index (χ4n) is 1.50. The summed E-state index contributed by atoms with van der Waals surface area (Å²) >= 11 is 12.0. The van der Waals surface area contributed by atoms with E-state index in [1.165, 1.54) is 0 Å². The van der Waals surface area contributed by atoms with Crippen molar-refractivity contribution in [3.63, 3.8) is 0 Å². The first-order valence-electron chi connectivity index (χ1n) is 4.84. The van der Waals surface area contributed by atoms with Gasteiger partial charge in [0, 0.05) is 14.2 Å². The maximum absolute atomic E-state index is 6.06. The number of halogens is 2. The van der Waals surface area contributed by atoms with Crippen molar-refractivity contribution >= 4 is 23.2 Å². The van der Waals surface area contributed by atoms with E-state index in [1.54, 1.807) is 20.3 Å². The summed E-state index contributed by atoms with van der Waals surface area (Å²) in [5.74, 6) is 0. The number of nitrogens with two attached hydrogens (primary N) is 1. The Hall–Kier alpha value is -0.320. The lowest BCUT2D eigenvalue weighted by molar-refractivity contribution is -0.115. The lowest BCUT2D eigenvalue weighted by Crippen LogP contribution is -2.39. The lowest BCUT2D eigenvalue weighted by atomic mass is 10.1. The van der Waals surface area contributed by atoms with E-state index < -0.39 is 6.29 Å². The van der Waals surface area contributed by atoms with E-state index in [0.717, 1.165) is 5.56 Å². The van der Waals surface area contributed by atoms with Gasteiger partial charge in [-0.3, -0.25) is 0 Å². The molecule has 0 spiro atoms. The van der Waals surface area contributed by atoms with Crippen molar-refractivity contribution in [2.24, 2.45) is 5.73 Å². The van der Waals surface area contributed by atoms with Crippen molar-refractivity contribution < 1.29 is 9.47 Å². The third kappa shape index (κ3) is 3.34. The van der Waals surface area contributed by atoms with Crippen molar-refractivity contribution in [2.45, 2.75) is 18.8 Å². The van der Waals surface area contributed by atoms with Gasteiger partial charge in [0.15, 0.2) is 6.29 Å². The average Bonchev–Trinajstić information content (AvgIpc) is 2.26. The summed E-state index contributed by atoms with van der Waals surface area (Å²) in [6.07, 6.45) is 0.0983. The van der Waals surface area contributed by atoms with E-state index in [1.807, 2.05) is 12.1 Å². The first-order valence-corrected chi connectivity index (χ1v) is 5.59. The van der Waals surface area contributed by atoms with Gasteiger partial charge in [0.05, 0.1) is 16.1 Å². The molecule has 1 unspecified atom stereocenters. The molecule has 0 saturated heterocycles. The van der Waals surface area contributed by atoms with Gasteiger partial charge in [0.25, 0.3) is 0 Å². The Bertz CT molecular complexity index is 343. The SMILES string of the molecule is COC(OC)C(N)Cc1cccc(Cl)c1Cl. The molecular weight excluding hydrogens is 249 g/mol. The molecule has 0 heterocycles. The predicted octanol–water partition coefficient (Wildman–Crippen LogP) is 2.48. The first kappa shape index (κ1) is 13.7. The molecule has 2 N–H and O–H groups in total. The largest absolute Gasteiger partial charge is 0.354 e. The Balaban J connectivity index is 2.76. The molecule has 1 atom stereocenters. The molecule has 90 valence electrons. The van der Waals surface area contributed by atoms with Crippen LogP contribution in [0.15, 0.2) is 18.2 Å². The zero-order valence-corrected chi connectivity index (χ0v) is 10.8. The Morgan fingerprint density at radius 2 is 1.88 bits per heavy atom. The molecule has 0 fully saturated rings. The molecule has 1 aromatic rings. The quantitative estimate of drug-likeness (QED) is 0.831. The van der Waals surface area contributed by atoms with Gasteiger partial charge in [0.2, 0.25) is 0 Å². The fraction of sp³-hybridized carbons (Fsp3) is 0.455. The highest BCUT2D eigenvalue weighted by atomic mass is 35.5. The molecule has 1 aromatic carbocycles. The second-order valence-corrected chi connectivity index (χ2v) is 4.21. The number of hydrogen-bond donors (Lipinski definition) is 1. The van der Waals surface area contributed by atoms with Gasteiger partial charge in [-0.2, -0.15) is 0 Å². The van der Waals surface area contributed by atoms with E-state index in [2.05, 4.69) is 0 Å². The van der Waals surface area contributed by atoms with Crippen LogP contribution in [0.1, 0.15) is 5.56 Å². The van der Waals surface area contributed by atoms with E-state index in [9.17, 15) is 0 Å². The monoisotopic (exact) mass is 263 g/mol. The molecule has 0 aliphatic heterocycles. The Morgan fingerprint density at radius 1 is 1.25 bits per heavy atom. The maximum atomic E-state index is 6.06. The predicted molar refractivity (Wildman–Crippen MR) is 65.9 cm³/mol. The second-order valence-electron chi connectivity index (χ2n) is 3.42. The minimum Gasteiger partial charge on any atom is -0.354 e. The number of rotatable bonds is 5. The Labute approximate surface area is 105 Å². The highest BCUT2D eigenvalue weighted by Crippen LogP contribution is 2.26. The standard InChI is InChI=1S/C11H15Cl2NO2/c1-15-11(16-2)9(14)6-7-4-3-5-8(12)10(7)13/h3-5,9,11H,6,14H2,1-2H3. The molecule has 0 aliphatic carbocycles. The topological polar surface area (TPSA) is 44.5 Å². The highest BCUT2D eigenvalue weighted by molar-refractivity contribution is 6.42. The molecule has 0 amide bonds. The minimum absolute atomic E-state index is 0.286. The Morgan fingerprint density at radius 3 is 2.44 bits per heavy atom. The molecule has 5 heteroatoms. The highest BCUT2D eigenvalue weighted by Gasteiger charge is 2.18. The molecular formula is C11H15Cl2NO2. The van der Waals surface area contributed by atoms with Gasteiger partial charge in [0.1, 0.15) is 0 Å². The van der Waals surface area contributed by atoms with Gasteiger partial charge in [-0.1, -0.05) is 35.3 Å². The molecule has 0 bridgehead atoms. The first-order chi connectivity index (χ1) is 7.60. The summed E-state index contributed by atoms with van der Waals surface area (Å²) in [5, 5.41) is 1.06. The van der Waals surface area contributed by atoms with Crippen molar-refractivity contribution in [3.05, 3.63) is 33.8 Å². The normalized spacial score (nSPS) is 13.1. The van der Waals surface area contributed by atoms with Crippen LogP contribution >= 0.6 is 23.2 Å². The van der Waals surface area contributed by atoms with Crippen LogP contribution in [0.4, 0.5) is 0 Å². The van der Waals surface area contributed by atoms with Crippen molar-refractivity contribution in [1.29, 1.82) is 0 Å². The molecule has 0 saturated carbocycles. The summed E-state index contributed by atoms with van der Waals surface area (Å²) in [4.78, 5) is 0. The zero-order chi connectivity index (χ0) is 12.1. The minimum atomic E-state index is -0.449. The van der Waals surface area contributed by atoms with Crippen molar-refractivity contribution in [2.75, 3.05) is 14.2 Å². The molecule has 1 rings (SSSR count). The second kappa shape index (κ2) is 6.42. The fourth-order valence-corrected chi connectivity index (χ4v) is 1.90. The third-order valence-electron chi connectivity index (χ3n) is 2.30. The van der Waals surface area contributed by atoms with Gasteiger partial charge in [-0.15, -0.1) is 0 Å². The van der Waals surface area contributed by atoms with Crippen LogP contribution in [-0.2, 0) is 15.9 Å². The summed E-state index contributed by atoms with van der Waals surface area (Å²) < 4.78 is 10.2. The average molecular weight is 264 g/mol. The van der Waals surface area contributed by atoms with Crippen LogP contribution in [-0.4, -0.2) is 26.6 Å². The summed E-state index contributed by atoms with van der Waals surface area (Å²) in [5.41, 5.74) is 6.83. The van der Waals surface area contributed by atoms with Crippen LogP contribution in [0.5, 0.6) is 0 Å². The molecule has 0 radical (unpaired) electrons.